The van der Waals surface area contributed by atoms with E-state index in [-0.39, 0.29) is 13.2 Å². The molecule has 2 unspecified atom stereocenters. The third kappa shape index (κ3) is 15.8. The van der Waals surface area contributed by atoms with Gasteiger partial charge in [0.05, 0.1) is 0 Å². The number of alkyl carbamates (subject to hydrolysis) is 2. The summed E-state index contributed by atoms with van der Waals surface area (Å²) in [4.78, 5) is 42.4. The summed E-state index contributed by atoms with van der Waals surface area (Å²) in [6.45, 7) is 9.74. The molecule has 2 amide bonds. The summed E-state index contributed by atoms with van der Waals surface area (Å²) in [5, 5.41) is 4.54. The first kappa shape index (κ1) is 25.2. The molecule has 2 N–H and O–H groups in total. The molecule has 0 heterocycles. The normalized spacial score (nSPS) is 11.2. The lowest BCUT2D eigenvalue weighted by molar-refractivity contribution is -0.144. The van der Waals surface area contributed by atoms with Crippen LogP contribution in [0.4, 0.5) is 9.59 Å². The minimum Gasteiger partial charge on any atom is -0.459 e. The number of hydrogen-bond acceptors (Lipinski definition) is 8. The minimum atomic E-state index is -0.554. The molecule has 0 saturated carbocycles. The molecule has 0 radical (unpaired) electrons. The number of carbonyl (C=O) groups excluding carboxylic acids is 4. The Morgan fingerprint density at radius 2 is 1.27 bits per heavy atom. The molecule has 0 aliphatic heterocycles. The third-order valence-electron chi connectivity index (χ3n) is 2.28. The van der Waals surface area contributed by atoms with Crippen molar-refractivity contribution in [3.05, 3.63) is 25.3 Å². The van der Waals surface area contributed by atoms with Crippen LogP contribution < -0.4 is 10.6 Å². The summed E-state index contributed by atoms with van der Waals surface area (Å²) < 4.78 is 18.7. The van der Waals surface area contributed by atoms with Crippen LogP contribution in [0.3, 0.4) is 0 Å². The third-order valence-corrected chi connectivity index (χ3v) is 2.28. The highest BCUT2D eigenvalue weighted by Gasteiger charge is 2.09. The standard InChI is InChI=1S/2C8H13NO4/c1-4-7(10)13-6(2)5-12-8(11)9-3;1-4-7(10)12-5-6(2)13-8(11)9-3/h2*4,6H,1,5H2,2-3H3,(H,9,11). The summed E-state index contributed by atoms with van der Waals surface area (Å²) in [6.07, 6.45) is 0.0542. The summed E-state index contributed by atoms with van der Waals surface area (Å²) in [7, 11) is 2.90. The average Bonchev–Trinajstić information content (AvgIpc) is 2.64. The molecule has 0 aliphatic rings. The van der Waals surface area contributed by atoms with Crippen LogP contribution >= 0.6 is 0 Å². The van der Waals surface area contributed by atoms with E-state index in [4.69, 9.17) is 9.47 Å². The van der Waals surface area contributed by atoms with E-state index < -0.39 is 36.3 Å². The lowest BCUT2D eigenvalue weighted by Gasteiger charge is -2.11. The molecule has 0 aromatic rings. The number of hydrogen-bond donors (Lipinski definition) is 2. The van der Waals surface area contributed by atoms with Crippen LogP contribution in [0.25, 0.3) is 0 Å². The molecule has 0 aromatic heterocycles. The molecule has 2 atom stereocenters. The zero-order chi connectivity index (χ0) is 20.5. The monoisotopic (exact) mass is 374 g/mol. The van der Waals surface area contributed by atoms with Crippen LogP contribution in [0, 0.1) is 0 Å². The van der Waals surface area contributed by atoms with Gasteiger partial charge < -0.3 is 29.6 Å². The highest BCUT2D eigenvalue weighted by Crippen LogP contribution is 1.94. The van der Waals surface area contributed by atoms with Gasteiger partial charge in [-0.15, -0.1) is 0 Å². The number of esters is 2. The first-order chi connectivity index (χ1) is 12.2. The smallest absolute Gasteiger partial charge is 0.407 e. The van der Waals surface area contributed by atoms with E-state index in [1.807, 2.05) is 0 Å². The Kier molecular flexibility index (Phi) is 15.0. The second-order valence-electron chi connectivity index (χ2n) is 4.60. The molecule has 148 valence electrons. The largest absolute Gasteiger partial charge is 0.459 e. The van der Waals surface area contributed by atoms with Gasteiger partial charge in [0, 0.05) is 26.2 Å². The van der Waals surface area contributed by atoms with E-state index in [2.05, 4.69) is 33.3 Å². The summed E-state index contributed by atoms with van der Waals surface area (Å²) in [5.74, 6) is -1.07. The second-order valence-corrected chi connectivity index (χ2v) is 4.60. The zero-order valence-corrected chi connectivity index (χ0v) is 15.4. The highest BCUT2D eigenvalue weighted by molar-refractivity contribution is 5.81. The summed E-state index contributed by atoms with van der Waals surface area (Å²) in [5.41, 5.74) is 0. The first-order valence-electron chi connectivity index (χ1n) is 7.55. The molecule has 26 heavy (non-hydrogen) atoms. The Hall–Kier alpha value is -3.04. The van der Waals surface area contributed by atoms with Gasteiger partial charge in [-0.05, 0) is 13.8 Å². The van der Waals surface area contributed by atoms with E-state index in [1.165, 1.54) is 14.1 Å². The number of nitrogens with one attached hydrogen (secondary N) is 2. The van der Waals surface area contributed by atoms with Crippen LogP contribution in [0.1, 0.15) is 13.8 Å². The fourth-order valence-electron chi connectivity index (χ4n) is 1.08. The van der Waals surface area contributed by atoms with Crippen LogP contribution in [0.15, 0.2) is 25.3 Å². The van der Waals surface area contributed by atoms with Gasteiger partial charge in [0.15, 0.2) is 0 Å². The Balaban J connectivity index is 0. The Bertz CT molecular complexity index is 493. The van der Waals surface area contributed by atoms with Gasteiger partial charge in [-0.3, -0.25) is 0 Å². The molecular weight excluding hydrogens is 348 g/mol. The van der Waals surface area contributed by atoms with Gasteiger partial charge in [-0.2, -0.15) is 0 Å². The van der Waals surface area contributed by atoms with Crippen LogP contribution in [-0.4, -0.2) is 63.6 Å². The molecule has 0 spiro atoms. The van der Waals surface area contributed by atoms with Gasteiger partial charge in [-0.25, -0.2) is 19.2 Å². The fourth-order valence-corrected chi connectivity index (χ4v) is 1.08. The molecule has 0 bridgehead atoms. The number of carbonyl (C=O) groups is 4. The van der Waals surface area contributed by atoms with Crippen molar-refractivity contribution in [1.82, 2.24) is 10.6 Å². The maximum Gasteiger partial charge on any atom is 0.407 e. The predicted octanol–water partition coefficient (Wildman–Crippen LogP) is 0.920. The van der Waals surface area contributed by atoms with Crippen molar-refractivity contribution < 1.29 is 38.1 Å². The van der Waals surface area contributed by atoms with Gasteiger partial charge in [0.25, 0.3) is 0 Å². The number of rotatable bonds is 8. The van der Waals surface area contributed by atoms with Crippen LogP contribution in [0.5, 0.6) is 0 Å². The Labute approximate surface area is 152 Å². The quantitative estimate of drug-likeness (QED) is 0.364. The van der Waals surface area contributed by atoms with Crippen molar-refractivity contribution >= 4 is 24.1 Å². The Morgan fingerprint density at radius 3 is 1.73 bits per heavy atom. The maximum absolute atomic E-state index is 10.6. The minimum absolute atomic E-state index is 0.0261. The molecular formula is C16H26N2O8. The van der Waals surface area contributed by atoms with Crippen molar-refractivity contribution in [3.63, 3.8) is 0 Å². The second kappa shape index (κ2) is 15.5. The lowest BCUT2D eigenvalue weighted by Crippen LogP contribution is -2.27. The average molecular weight is 374 g/mol. The topological polar surface area (TPSA) is 129 Å². The van der Waals surface area contributed by atoms with Crippen molar-refractivity contribution in [1.29, 1.82) is 0 Å². The van der Waals surface area contributed by atoms with Crippen molar-refractivity contribution in [2.24, 2.45) is 0 Å². The van der Waals surface area contributed by atoms with Crippen LogP contribution in [-0.2, 0) is 28.5 Å². The molecule has 0 rings (SSSR count). The van der Waals surface area contributed by atoms with E-state index >= 15 is 0 Å². The van der Waals surface area contributed by atoms with Gasteiger partial charge in [0.1, 0.15) is 25.4 Å². The molecule has 0 saturated heterocycles. The fraction of sp³-hybridized carbons (Fsp3) is 0.500. The van der Waals surface area contributed by atoms with Crippen molar-refractivity contribution in [3.8, 4) is 0 Å². The molecule has 0 fully saturated rings. The summed E-state index contributed by atoms with van der Waals surface area (Å²) >= 11 is 0. The highest BCUT2D eigenvalue weighted by atomic mass is 16.6. The van der Waals surface area contributed by atoms with E-state index in [0.717, 1.165) is 12.2 Å². The van der Waals surface area contributed by atoms with E-state index in [1.54, 1.807) is 13.8 Å². The van der Waals surface area contributed by atoms with Gasteiger partial charge >= 0.3 is 24.1 Å². The molecule has 0 aliphatic carbocycles. The molecule has 10 heteroatoms. The molecule has 0 aromatic carbocycles. The van der Waals surface area contributed by atoms with Crippen LogP contribution in [0.2, 0.25) is 0 Å². The SMILES string of the molecule is C=CC(=O)OC(C)COC(=O)NC.C=CC(=O)OCC(C)OC(=O)NC. The summed E-state index contributed by atoms with van der Waals surface area (Å²) in [6, 6.07) is 0. The van der Waals surface area contributed by atoms with E-state index in [9.17, 15) is 19.2 Å². The van der Waals surface area contributed by atoms with Gasteiger partial charge in [-0.1, -0.05) is 13.2 Å². The van der Waals surface area contributed by atoms with Crippen molar-refractivity contribution in [2.75, 3.05) is 27.3 Å². The lowest BCUT2D eigenvalue weighted by atomic mass is 10.4. The molecule has 10 nitrogen and oxygen atoms in total. The predicted molar refractivity (Wildman–Crippen MR) is 92.3 cm³/mol. The zero-order valence-electron chi connectivity index (χ0n) is 15.4. The van der Waals surface area contributed by atoms with E-state index in [0.29, 0.717) is 0 Å². The van der Waals surface area contributed by atoms with Crippen molar-refractivity contribution in [2.45, 2.75) is 26.1 Å². The number of amides is 2. The Morgan fingerprint density at radius 1 is 0.808 bits per heavy atom. The first-order valence-corrected chi connectivity index (χ1v) is 7.55. The van der Waals surface area contributed by atoms with Gasteiger partial charge in [0.2, 0.25) is 0 Å². The number of ether oxygens (including phenoxy) is 4. The maximum atomic E-state index is 10.6.